The Morgan fingerprint density at radius 3 is 0.925 bits per heavy atom. The third-order valence-corrected chi connectivity index (χ3v) is 9.88. The van der Waals surface area contributed by atoms with Crippen molar-refractivity contribution in [1.29, 1.82) is 0 Å². The maximum Gasteiger partial charge on any atom is 0.124 e. The first kappa shape index (κ1) is 38.6. The monoisotopic (exact) mass is 638 g/mol. The van der Waals surface area contributed by atoms with Crippen LogP contribution in [0.5, 0.6) is 0 Å². The largest absolute Gasteiger partial charge is 0.744 e. The van der Waals surface area contributed by atoms with E-state index < -0.39 is 40.1 Å². The highest BCUT2D eigenvalue weighted by Gasteiger charge is 2.11. The quantitative estimate of drug-likeness (QED) is 0.160. The molecule has 0 atom stereocenters. The zero-order valence-electron chi connectivity index (χ0n) is 24.6. The van der Waals surface area contributed by atoms with Gasteiger partial charge in [-0.25, -0.2) is 16.8 Å². The highest BCUT2D eigenvalue weighted by atomic mass is 32.2. The smallest absolute Gasteiger partial charge is 0.124 e. The van der Waals surface area contributed by atoms with Crippen molar-refractivity contribution in [3.8, 4) is 0 Å². The van der Waals surface area contributed by atoms with Gasteiger partial charge in [0, 0.05) is 0 Å². The van der Waals surface area contributed by atoms with E-state index in [9.17, 15) is 34.4 Å². The van der Waals surface area contributed by atoms with Crippen molar-refractivity contribution in [2.24, 2.45) is 0 Å². The molecular formula is C28H46O8S4. The van der Waals surface area contributed by atoms with Crippen LogP contribution in [0.2, 0.25) is 0 Å². The molecule has 2 aromatic carbocycles. The van der Waals surface area contributed by atoms with Crippen LogP contribution in [-0.2, 0) is 48.5 Å². The molecule has 0 fully saturated rings. The van der Waals surface area contributed by atoms with Gasteiger partial charge in [-0.2, -0.15) is 0 Å². The summed E-state index contributed by atoms with van der Waals surface area (Å²) < 4.78 is 85.2. The average molecular weight is 639 g/mol. The fourth-order valence-electron chi connectivity index (χ4n) is 3.37. The standard InChI is InChI=1S/C14H32O2S2.2C7H8O3S/c1-17(2,15)13-11-9-7-5-6-8-10-12-14-18(3,4)16;2*1-6-2-4-7(5-3-6)11(8,9)10/h5-14H2,1-4H3;2*2-5H,1H3,(H,8,9,10)/q+2;;/p-2. The van der Waals surface area contributed by atoms with Crippen molar-refractivity contribution >= 4 is 40.1 Å². The summed E-state index contributed by atoms with van der Waals surface area (Å²) in [5.41, 5.74) is 1.86. The van der Waals surface area contributed by atoms with Crippen LogP contribution in [0.3, 0.4) is 0 Å². The Bertz CT molecular complexity index is 1190. The van der Waals surface area contributed by atoms with Crippen LogP contribution in [0.15, 0.2) is 58.3 Å². The van der Waals surface area contributed by atoms with E-state index in [-0.39, 0.29) is 9.79 Å². The summed E-state index contributed by atoms with van der Waals surface area (Å²) in [5.74, 6) is 1.77. The predicted octanol–water partition coefficient (Wildman–Crippen LogP) is 5.42. The molecule has 2 rings (SSSR count). The number of aryl methyl sites for hydroxylation is 2. The van der Waals surface area contributed by atoms with Crippen molar-refractivity contribution in [3.63, 3.8) is 0 Å². The molecule has 230 valence electrons. The van der Waals surface area contributed by atoms with Crippen LogP contribution < -0.4 is 0 Å². The van der Waals surface area contributed by atoms with E-state index in [0.717, 1.165) is 35.5 Å². The molecule has 0 N–H and O–H groups in total. The summed E-state index contributed by atoms with van der Waals surface area (Å²) in [6, 6.07) is 11.6. The van der Waals surface area contributed by atoms with Gasteiger partial charge in [0.1, 0.15) is 56.8 Å². The fourth-order valence-corrected chi connectivity index (χ4v) is 6.11. The highest BCUT2D eigenvalue weighted by molar-refractivity contribution is 8.01. The van der Waals surface area contributed by atoms with Gasteiger partial charge < -0.3 is 9.11 Å². The summed E-state index contributed by atoms with van der Waals surface area (Å²) >= 11 is 0. The van der Waals surface area contributed by atoms with Gasteiger partial charge in [0.05, 0.1) is 29.7 Å². The molecule has 0 saturated heterocycles. The lowest BCUT2D eigenvalue weighted by Gasteiger charge is -2.05. The summed E-state index contributed by atoms with van der Waals surface area (Å²) in [6.45, 7) is 3.64. The lowest BCUT2D eigenvalue weighted by atomic mass is 10.1. The zero-order valence-corrected chi connectivity index (χ0v) is 27.9. The molecule has 0 heterocycles. The predicted molar refractivity (Wildman–Crippen MR) is 165 cm³/mol. The first-order chi connectivity index (χ1) is 18.2. The van der Waals surface area contributed by atoms with E-state index in [1.165, 1.54) is 62.8 Å². The van der Waals surface area contributed by atoms with Gasteiger partial charge >= 0.3 is 0 Å². The van der Waals surface area contributed by atoms with Gasteiger partial charge in [0.15, 0.2) is 0 Å². The van der Waals surface area contributed by atoms with Gasteiger partial charge in [0.2, 0.25) is 0 Å². The molecule has 0 aliphatic heterocycles. The molecule has 0 unspecified atom stereocenters. The number of hydrogen-bond acceptors (Lipinski definition) is 8. The first-order valence-corrected chi connectivity index (χ1v) is 21.0. The molecular weight excluding hydrogens is 593 g/mol. The molecule has 0 aliphatic rings. The van der Waals surface area contributed by atoms with Crippen LogP contribution in [0.4, 0.5) is 0 Å². The van der Waals surface area contributed by atoms with Crippen LogP contribution >= 0.6 is 0 Å². The van der Waals surface area contributed by atoms with E-state index in [0.29, 0.717) is 0 Å². The zero-order chi connectivity index (χ0) is 31.0. The second-order valence-electron chi connectivity index (χ2n) is 10.6. The molecule has 0 amide bonds. The Kier molecular flexibility index (Phi) is 17.5. The van der Waals surface area contributed by atoms with Crippen molar-refractivity contribution in [1.82, 2.24) is 0 Å². The second kappa shape index (κ2) is 18.2. The van der Waals surface area contributed by atoms with Gasteiger partial charge in [0.25, 0.3) is 0 Å². The lowest BCUT2D eigenvalue weighted by molar-refractivity contribution is 0.461. The highest BCUT2D eigenvalue weighted by Crippen LogP contribution is 2.12. The molecule has 0 saturated carbocycles. The Morgan fingerprint density at radius 2 is 0.725 bits per heavy atom. The molecule has 8 nitrogen and oxygen atoms in total. The number of unbranched alkanes of at least 4 members (excludes halogenated alkanes) is 7. The summed E-state index contributed by atoms with van der Waals surface area (Å²) in [5, 5.41) is 0. The summed E-state index contributed by atoms with van der Waals surface area (Å²) in [7, 11) is -11.6. The molecule has 40 heavy (non-hydrogen) atoms. The van der Waals surface area contributed by atoms with Gasteiger partial charge in [-0.15, -0.1) is 8.42 Å². The van der Waals surface area contributed by atoms with Crippen molar-refractivity contribution in [2.75, 3.05) is 36.5 Å². The SMILES string of the molecule is C[S+](C)(=O)CCCCCCCCCC[S+](C)(C)=O.Cc1ccc(S(=O)(=O)[O-])cc1.Cc1ccc(S(=O)(=O)[O-])cc1. The van der Waals surface area contributed by atoms with E-state index in [1.807, 2.05) is 38.9 Å². The summed E-state index contributed by atoms with van der Waals surface area (Å²) in [6.07, 6.45) is 17.2. The number of hydrogen-bond donors (Lipinski definition) is 0. The average Bonchev–Trinajstić information content (AvgIpc) is 2.79. The lowest BCUT2D eigenvalue weighted by Crippen LogP contribution is -2.10. The van der Waals surface area contributed by atoms with Gasteiger partial charge in [-0.1, -0.05) is 61.1 Å². The van der Waals surface area contributed by atoms with Gasteiger partial charge in [-0.3, -0.25) is 0 Å². The molecule has 2 aromatic rings. The minimum atomic E-state index is -4.27. The maximum absolute atomic E-state index is 11.5. The van der Waals surface area contributed by atoms with Crippen LogP contribution in [0.25, 0.3) is 0 Å². The minimum Gasteiger partial charge on any atom is -0.744 e. The molecule has 0 radical (unpaired) electrons. The van der Waals surface area contributed by atoms with Crippen molar-refractivity contribution in [3.05, 3.63) is 59.7 Å². The molecule has 0 aromatic heterocycles. The van der Waals surface area contributed by atoms with E-state index in [1.54, 1.807) is 24.3 Å². The first-order valence-electron chi connectivity index (χ1n) is 13.1. The molecule has 0 spiro atoms. The minimum absolute atomic E-state index is 0.178. The number of benzene rings is 2. The molecule has 0 aliphatic carbocycles. The Morgan fingerprint density at radius 1 is 0.500 bits per heavy atom. The topological polar surface area (TPSA) is 149 Å². The van der Waals surface area contributed by atoms with Crippen LogP contribution in [-0.4, -0.2) is 62.5 Å². The van der Waals surface area contributed by atoms with Crippen molar-refractivity contribution < 1.29 is 34.4 Å². The summed E-state index contributed by atoms with van der Waals surface area (Å²) in [4.78, 5) is -0.355. The number of rotatable bonds is 13. The van der Waals surface area contributed by atoms with Crippen LogP contribution in [0.1, 0.15) is 62.5 Å². The van der Waals surface area contributed by atoms with E-state index in [4.69, 9.17) is 0 Å². The van der Waals surface area contributed by atoms with E-state index in [2.05, 4.69) is 0 Å². The Labute approximate surface area is 244 Å². The fraction of sp³-hybridized carbons (Fsp3) is 0.571. The third kappa shape index (κ3) is 22.3. The Hall–Kier alpha value is -1.44. The Balaban J connectivity index is 0.000000597. The molecule has 12 heteroatoms. The van der Waals surface area contributed by atoms with Crippen molar-refractivity contribution in [2.45, 2.75) is 75.0 Å². The molecule has 0 bridgehead atoms. The van der Waals surface area contributed by atoms with Gasteiger partial charge in [-0.05, 0) is 63.8 Å². The normalized spacial score (nSPS) is 12.1. The maximum atomic E-state index is 11.5. The van der Waals surface area contributed by atoms with E-state index >= 15 is 0 Å². The second-order valence-corrected chi connectivity index (χ2v) is 20.0. The third-order valence-electron chi connectivity index (χ3n) is 5.64. The van der Waals surface area contributed by atoms with Crippen LogP contribution in [0, 0.1) is 13.8 Å².